The number of hydrogen-bond acceptors (Lipinski definition) is 10. The molecule has 0 saturated carbocycles. The number of nitrogen functional groups attached to an aromatic ring is 1. The summed E-state index contributed by atoms with van der Waals surface area (Å²) in [6, 6.07) is 11.5. The second-order valence-corrected chi connectivity index (χ2v) is 10.2. The lowest BCUT2D eigenvalue weighted by atomic mass is 10.1. The summed E-state index contributed by atoms with van der Waals surface area (Å²) >= 11 is 0. The van der Waals surface area contributed by atoms with E-state index < -0.39 is 5.97 Å². The molecule has 0 atom stereocenters. The lowest BCUT2D eigenvalue weighted by Crippen LogP contribution is -2.29. The van der Waals surface area contributed by atoms with Crippen LogP contribution in [0.3, 0.4) is 0 Å². The molecular weight excluding hydrogens is 522 g/mol. The van der Waals surface area contributed by atoms with E-state index in [1.54, 1.807) is 31.8 Å². The number of rotatable bonds is 12. The van der Waals surface area contributed by atoms with Crippen LogP contribution in [-0.2, 0) is 4.74 Å². The predicted molar refractivity (Wildman–Crippen MR) is 163 cm³/mol. The van der Waals surface area contributed by atoms with Crippen molar-refractivity contribution in [2.75, 3.05) is 63.9 Å². The van der Waals surface area contributed by atoms with E-state index in [2.05, 4.69) is 20.1 Å². The Balaban J connectivity index is 1.78. The highest BCUT2D eigenvalue weighted by molar-refractivity contribution is 6.03. The monoisotopic (exact) mass is 561 g/mol. The van der Waals surface area contributed by atoms with Gasteiger partial charge >= 0.3 is 5.97 Å². The molecule has 3 N–H and O–H groups in total. The van der Waals surface area contributed by atoms with Crippen molar-refractivity contribution in [2.24, 2.45) is 0 Å². The molecule has 0 unspecified atom stereocenters. The van der Waals surface area contributed by atoms with Crippen molar-refractivity contribution < 1.29 is 19.1 Å². The summed E-state index contributed by atoms with van der Waals surface area (Å²) < 4.78 is 12.9. The van der Waals surface area contributed by atoms with Gasteiger partial charge in [-0.05, 0) is 47.0 Å². The van der Waals surface area contributed by atoms with Crippen LogP contribution in [0.25, 0.3) is 22.2 Å². The molecule has 11 nitrogen and oxygen atoms in total. The molecule has 2 aromatic carbocycles. The fraction of sp³-hybridized carbons (Fsp3) is 0.367. The minimum absolute atomic E-state index is 0.244. The lowest BCUT2D eigenvalue weighted by molar-refractivity contribution is 0.0378. The highest BCUT2D eigenvalue weighted by atomic mass is 16.7. The number of nitrogens with two attached hydrogens (primary N) is 1. The number of hydrogen-bond donors (Lipinski definition) is 2. The molecule has 4 aromatic rings. The maximum absolute atomic E-state index is 13.1. The average Bonchev–Trinajstić information content (AvgIpc) is 3.30. The SMILES string of the molecule is CCOn1cc(-c2nc(Nc3cc(N)c(N(C)CCN(C)C)cc3OC)ncc2C(=O)OC(C)C)c2ccccc21. The summed E-state index contributed by atoms with van der Waals surface area (Å²) in [5.74, 6) is 0.328. The van der Waals surface area contributed by atoms with Crippen LogP contribution >= 0.6 is 0 Å². The fourth-order valence-electron chi connectivity index (χ4n) is 4.43. The van der Waals surface area contributed by atoms with Crippen molar-refractivity contribution in [3.05, 3.63) is 54.4 Å². The Labute approximate surface area is 240 Å². The Kier molecular flexibility index (Phi) is 9.18. The Morgan fingerprint density at radius 1 is 1.15 bits per heavy atom. The molecule has 0 aliphatic heterocycles. The van der Waals surface area contributed by atoms with E-state index in [4.69, 9.17) is 25.0 Å². The molecule has 0 aliphatic carbocycles. The Bertz CT molecular complexity index is 1520. The van der Waals surface area contributed by atoms with Crippen LogP contribution in [0.5, 0.6) is 5.75 Å². The van der Waals surface area contributed by atoms with Crippen molar-refractivity contribution in [3.63, 3.8) is 0 Å². The van der Waals surface area contributed by atoms with Gasteiger partial charge in [-0.3, -0.25) is 0 Å². The second-order valence-electron chi connectivity index (χ2n) is 10.2. The van der Waals surface area contributed by atoms with Crippen LogP contribution in [-0.4, -0.2) is 79.6 Å². The van der Waals surface area contributed by atoms with Gasteiger partial charge in [0.1, 0.15) is 17.9 Å². The summed E-state index contributed by atoms with van der Waals surface area (Å²) in [5.41, 5.74) is 10.7. The topological polar surface area (TPSA) is 120 Å². The standard InChI is InChI=1S/C30H39N7O4/c1-8-40-37-18-22(20-11-9-10-12-25(20)37)28-21(29(38)41-19(2)3)17-32-30(34-28)33-24-15-23(31)26(16-27(24)39-7)36(6)14-13-35(4)5/h9-12,15-19H,8,13-14,31H2,1-7H3,(H,32,33,34). The van der Waals surface area contributed by atoms with Crippen LogP contribution in [0.2, 0.25) is 0 Å². The molecule has 0 spiro atoms. The van der Waals surface area contributed by atoms with E-state index in [0.29, 0.717) is 35.0 Å². The predicted octanol–water partition coefficient (Wildman–Crippen LogP) is 4.44. The smallest absolute Gasteiger partial charge is 0.342 e. The molecule has 11 heteroatoms. The molecule has 2 heterocycles. The van der Waals surface area contributed by atoms with Gasteiger partial charge in [-0.1, -0.05) is 18.2 Å². The third-order valence-corrected chi connectivity index (χ3v) is 6.44. The summed E-state index contributed by atoms with van der Waals surface area (Å²) in [5, 5.41) is 4.11. The van der Waals surface area contributed by atoms with Crippen molar-refractivity contribution in [1.29, 1.82) is 0 Å². The molecule has 2 aromatic heterocycles. The fourth-order valence-corrected chi connectivity index (χ4v) is 4.43. The number of para-hydroxylation sites is 1. The first-order valence-electron chi connectivity index (χ1n) is 13.5. The van der Waals surface area contributed by atoms with Crippen molar-refractivity contribution >= 4 is 39.9 Å². The van der Waals surface area contributed by atoms with E-state index in [9.17, 15) is 4.79 Å². The number of nitrogens with one attached hydrogen (secondary N) is 1. The molecular formula is C30H39N7O4. The molecule has 0 bridgehead atoms. The first kappa shape index (κ1) is 29.5. The Hall–Kier alpha value is -4.51. The van der Waals surface area contributed by atoms with Gasteiger partial charge in [-0.25, -0.2) is 14.8 Å². The molecule has 0 radical (unpaired) electrons. The molecule has 0 amide bonds. The molecule has 41 heavy (non-hydrogen) atoms. The van der Waals surface area contributed by atoms with Crippen LogP contribution in [0.15, 0.2) is 48.8 Å². The molecule has 0 saturated heterocycles. The summed E-state index contributed by atoms with van der Waals surface area (Å²) in [7, 11) is 7.65. The lowest BCUT2D eigenvalue weighted by Gasteiger charge is -2.24. The van der Waals surface area contributed by atoms with Crippen LogP contribution < -0.4 is 25.5 Å². The van der Waals surface area contributed by atoms with Crippen LogP contribution in [0.1, 0.15) is 31.1 Å². The van der Waals surface area contributed by atoms with Crippen LogP contribution in [0.4, 0.5) is 23.0 Å². The van der Waals surface area contributed by atoms with Crippen molar-refractivity contribution in [3.8, 4) is 17.0 Å². The minimum Gasteiger partial charge on any atom is -0.494 e. The number of carbonyl (C=O) groups excluding carboxylic acids is 1. The van der Waals surface area contributed by atoms with E-state index >= 15 is 0 Å². The molecule has 218 valence electrons. The first-order chi connectivity index (χ1) is 19.6. The zero-order chi connectivity index (χ0) is 29.7. The van der Waals surface area contributed by atoms with Gasteiger partial charge < -0.3 is 35.2 Å². The van der Waals surface area contributed by atoms with Gasteiger partial charge in [0.2, 0.25) is 5.95 Å². The molecule has 4 rings (SSSR count). The number of nitrogens with zero attached hydrogens (tertiary/aromatic N) is 5. The number of carbonyl (C=O) groups is 1. The van der Waals surface area contributed by atoms with Gasteiger partial charge in [-0.15, -0.1) is 0 Å². The highest BCUT2D eigenvalue weighted by Crippen LogP contribution is 2.37. The number of fused-ring (bicyclic) bond motifs is 1. The number of ether oxygens (including phenoxy) is 2. The number of anilines is 4. The third kappa shape index (κ3) is 6.63. The van der Waals surface area contributed by atoms with E-state index in [1.807, 2.05) is 64.6 Å². The number of aromatic nitrogens is 3. The second kappa shape index (κ2) is 12.8. The number of methoxy groups -OCH3 is 1. The van der Waals surface area contributed by atoms with E-state index in [0.717, 1.165) is 29.7 Å². The maximum Gasteiger partial charge on any atom is 0.342 e. The van der Waals surface area contributed by atoms with Gasteiger partial charge in [-0.2, -0.15) is 4.73 Å². The Morgan fingerprint density at radius 3 is 2.59 bits per heavy atom. The zero-order valence-electron chi connectivity index (χ0n) is 24.8. The van der Waals surface area contributed by atoms with E-state index in [1.165, 1.54) is 6.20 Å². The third-order valence-electron chi connectivity index (χ3n) is 6.44. The summed E-state index contributed by atoms with van der Waals surface area (Å²) in [4.78, 5) is 32.4. The average molecular weight is 562 g/mol. The van der Waals surface area contributed by atoms with Crippen LogP contribution in [0, 0.1) is 0 Å². The highest BCUT2D eigenvalue weighted by Gasteiger charge is 2.23. The van der Waals surface area contributed by atoms with Gasteiger partial charge in [0, 0.05) is 43.4 Å². The number of benzene rings is 2. The zero-order valence-corrected chi connectivity index (χ0v) is 24.8. The van der Waals surface area contributed by atoms with Gasteiger partial charge in [0.25, 0.3) is 0 Å². The van der Waals surface area contributed by atoms with Crippen molar-refractivity contribution in [1.82, 2.24) is 19.6 Å². The number of likely N-dealkylation sites (N-methyl/N-ethyl adjacent to an activating group) is 2. The Morgan fingerprint density at radius 2 is 1.90 bits per heavy atom. The van der Waals surface area contributed by atoms with Gasteiger partial charge in [0.05, 0.1) is 47.7 Å². The normalized spacial score (nSPS) is 11.2. The number of esters is 1. The quantitative estimate of drug-likeness (QED) is 0.190. The summed E-state index contributed by atoms with van der Waals surface area (Å²) in [6.45, 7) is 7.65. The first-order valence-corrected chi connectivity index (χ1v) is 13.5. The van der Waals surface area contributed by atoms with Crippen molar-refractivity contribution in [2.45, 2.75) is 26.9 Å². The molecule has 0 fully saturated rings. The minimum atomic E-state index is -0.512. The van der Waals surface area contributed by atoms with Gasteiger partial charge in [0.15, 0.2) is 0 Å². The molecule has 0 aliphatic rings. The largest absolute Gasteiger partial charge is 0.494 e. The maximum atomic E-state index is 13.1. The van der Waals surface area contributed by atoms with E-state index in [-0.39, 0.29) is 17.6 Å². The summed E-state index contributed by atoms with van der Waals surface area (Å²) in [6.07, 6.45) is 2.99.